The molecular formula is C13H13ClNO+. The SMILES string of the molecule is COc1ccc(C[n+]2ccc(Cl)cc2)cc1. The second-order valence-electron chi connectivity index (χ2n) is 3.54. The van der Waals surface area contributed by atoms with Crippen molar-refractivity contribution in [1.29, 1.82) is 0 Å². The summed E-state index contributed by atoms with van der Waals surface area (Å²) < 4.78 is 7.19. The zero-order chi connectivity index (χ0) is 11.4. The molecule has 0 radical (unpaired) electrons. The lowest BCUT2D eigenvalue weighted by atomic mass is 10.2. The quantitative estimate of drug-likeness (QED) is 0.745. The first-order chi connectivity index (χ1) is 7.78. The van der Waals surface area contributed by atoms with E-state index in [1.807, 2.05) is 36.7 Å². The van der Waals surface area contributed by atoms with E-state index in [1.165, 1.54) is 5.56 Å². The van der Waals surface area contributed by atoms with Gasteiger partial charge in [-0.3, -0.25) is 0 Å². The molecule has 0 saturated heterocycles. The predicted molar refractivity (Wildman–Crippen MR) is 63.7 cm³/mol. The predicted octanol–water partition coefficient (Wildman–Crippen LogP) is 2.68. The second kappa shape index (κ2) is 4.99. The minimum atomic E-state index is 0.756. The number of ether oxygens (including phenoxy) is 1. The molecule has 0 unspecified atom stereocenters. The molecule has 1 aromatic heterocycles. The van der Waals surface area contributed by atoms with Gasteiger partial charge in [-0.15, -0.1) is 0 Å². The molecule has 16 heavy (non-hydrogen) atoms. The first kappa shape index (κ1) is 11.0. The van der Waals surface area contributed by atoms with Gasteiger partial charge in [-0.1, -0.05) is 11.6 Å². The topological polar surface area (TPSA) is 13.1 Å². The van der Waals surface area contributed by atoms with Crippen molar-refractivity contribution in [3.05, 3.63) is 59.4 Å². The molecule has 1 heterocycles. The van der Waals surface area contributed by atoms with Gasteiger partial charge in [-0.2, -0.15) is 0 Å². The summed E-state index contributed by atoms with van der Waals surface area (Å²) in [5.74, 6) is 0.879. The highest BCUT2D eigenvalue weighted by Crippen LogP contribution is 2.11. The summed E-state index contributed by atoms with van der Waals surface area (Å²) in [4.78, 5) is 0. The molecule has 0 amide bonds. The van der Waals surface area contributed by atoms with Crippen molar-refractivity contribution in [2.24, 2.45) is 0 Å². The van der Waals surface area contributed by atoms with Gasteiger partial charge in [0.2, 0.25) is 0 Å². The summed E-state index contributed by atoms with van der Waals surface area (Å²) in [6.45, 7) is 0.834. The Hall–Kier alpha value is -1.54. The van der Waals surface area contributed by atoms with Crippen LogP contribution in [0.25, 0.3) is 0 Å². The van der Waals surface area contributed by atoms with Crippen LogP contribution in [0.15, 0.2) is 48.8 Å². The van der Waals surface area contributed by atoms with E-state index in [0.717, 1.165) is 17.3 Å². The smallest absolute Gasteiger partial charge is 0.173 e. The van der Waals surface area contributed by atoms with Gasteiger partial charge in [-0.05, 0) is 24.3 Å². The van der Waals surface area contributed by atoms with Gasteiger partial charge in [0.15, 0.2) is 18.9 Å². The Bertz CT molecular complexity index is 450. The first-order valence-electron chi connectivity index (χ1n) is 5.05. The van der Waals surface area contributed by atoms with Crippen LogP contribution in [0.5, 0.6) is 5.75 Å². The Morgan fingerprint density at radius 3 is 2.25 bits per heavy atom. The number of pyridine rings is 1. The van der Waals surface area contributed by atoms with Crippen LogP contribution in [0, 0.1) is 0 Å². The van der Waals surface area contributed by atoms with E-state index in [-0.39, 0.29) is 0 Å². The number of aromatic nitrogens is 1. The first-order valence-corrected chi connectivity index (χ1v) is 5.43. The van der Waals surface area contributed by atoms with Gasteiger partial charge in [0.25, 0.3) is 0 Å². The standard InChI is InChI=1S/C13H13ClNO/c1-16-13-4-2-11(3-5-13)10-15-8-6-12(14)7-9-15/h2-9H,10H2,1H3/q+1. The Labute approximate surface area is 100 Å². The van der Waals surface area contributed by atoms with E-state index in [2.05, 4.69) is 16.7 Å². The molecule has 0 spiro atoms. The fourth-order valence-electron chi connectivity index (χ4n) is 1.49. The maximum atomic E-state index is 5.82. The Kier molecular flexibility index (Phi) is 3.42. The lowest BCUT2D eigenvalue weighted by molar-refractivity contribution is -0.688. The Balaban J connectivity index is 2.11. The normalized spacial score (nSPS) is 10.1. The molecule has 82 valence electrons. The maximum Gasteiger partial charge on any atom is 0.173 e. The van der Waals surface area contributed by atoms with Crippen LogP contribution in [0.3, 0.4) is 0 Å². The van der Waals surface area contributed by atoms with E-state index in [9.17, 15) is 0 Å². The fourth-order valence-corrected chi connectivity index (χ4v) is 1.60. The van der Waals surface area contributed by atoms with Crippen LogP contribution in [0.1, 0.15) is 5.56 Å². The van der Waals surface area contributed by atoms with E-state index in [4.69, 9.17) is 16.3 Å². The Morgan fingerprint density at radius 2 is 1.69 bits per heavy atom. The van der Waals surface area contributed by atoms with Crippen molar-refractivity contribution in [2.45, 2.75) is 6.54 Å². The van der Waals surface area contributed by atoms with E-state index < -0.39 is 0 Å². The van der Waals surface area contributed by atoms with Crippen LogP contribution in [-0.2, 0) is 6.54 Å². The van der Waals surface area contributed by atoms with Crippen molar-refractivity contribution in [1.82, 2.24) is 0 Å². The summed E-state index contributed by atoms with van der Waals surface area (Å²) >= 11 is 5.82. The van der Waals surface area contributed by atoms with Crippen molar-refractivity contribution in [3.8, 4) is 5.75 Å². The van der Waals surface area contributed by atoms with Gasteiger partial charge in [-0.25, -0.2) is 4.57 Å². The lowest BCUT2D eigenvalue weighted by Crippen LogP contribution is -2.32. The molecule has 0 N–H and O–H groups in total. The number of nitrogens with zero attached hydrogens (tertiary/aromatic N) is 1. The second-order valence-corrected chi connectivity index (χ2v) is 3.97. The van der Waals surface area contributed by atoms with Crippen LogP contribution >= 0.6 is 11.6 Å². The molecule has 2 nitrogen and oxygen atoms in total. The number of hydrogen-bond donors (Lipinski definition) is 0. The van der Waals surface area contributed by atoms with Gasteiger partial charge in [0, 0.05) is 17.7 Å². The van der Waals surface area contributed by atoms with Crippen molar-refractivity contribution >= 4 is 11.6 Å². The van der Waals surface area contributed by atoms with Crippen molar-refractivity contribution < 1.29 is 9.30 Å². The minimum Gasteiger partial charge on any atom is -0.497 e. The van der Waals surface area contributed by atoms with Gasteiger partial charge >= 0.3 is 0 Å². The molecule has 3 heteroatoms. The highest BCUT2D eigenvalue weighted by molar-refractivity contribution is 6.30. The number of rotatable bonds is 3. The van der Waals surface area contributed by atoms with Crippen LogP contribution in [0.4, 0.5) is 0 Å². The van der Waals surface area contributed by atoms with Crippen LogP contribution in [0.2, 0.25) is 5.02 Å². The summed E-state index contributed by atoms with van der Waals surface area (Å²) in [5, 5.41) is 0.756. The summed E-state index contributed by atoms with van der Waals surface area (Å²) in [5.41, 5.74) is 1.23. The average molecular weight is 235 g/mol. The fraction of sp³-hybridized carbons (Fsp3) is 0.154. The minimum absolute atomic E-state index is 0.756. The monoisotopic (exact) mass is 234 g/mol. The Morgan fingerprint density at radius 1 is 1.06 bits per heavy atom. The number of benzene rings is 1. The molecule has 0 saturated carbocycles. The third-order valence-corrected chi connectivity index (χ3v) is 2.63. The number of methoxy groups -OCH3 is 1. The molecule has 1 aromatic carbocycles. The zero-order valence-corrected chi connectivity index (χ0v) is 9.82. The lowest BCUT2D eigenvalue weighted by Gasteiger charge is -2.00. The number of hydrogen-bond acceptors (Lipinski definition) is 1. The van der Waals surface area contributed by atoms with Crippen LogP contribution < -0.4 is 9.30 Å². The van der Waals surface area contributed by atoms with E-state index >= 15 is 0 Å². The molecule has 0 atom stereocenters. The molecule has 0 aliphatic carbocycles. The summed E-state index contributed by atoms with van der Waals surface area (Å²) in [6.07, 6.45) is 3.93. The summed E-state index contributed by atoms with van der Waals surface area (Å²) in [7, 11) is 1.67. The number of halogens is 1. The average Bonchev–Trinajstić information content (AvgIpc) is 2.33. The summed E-state index contributed by atoms with van der Waals surface area (Å²) in [6, 6.07) is 11.8. The third kappa shape index (κ3) is 2.74. The van der Waals surface area contributed by atoms with Gasteiger partial charge in [0.05, 0.1) is 12.1 Å². The van der Waals surface area contributed by atoms with E-state index in [1.54, 1.807) is 7.11 Å². The maximum absolute atomic E-state index is 5.82. The third-order valence-electron chi connectivity index (χ3n) is 2.37. The molecule has 0 aliphatic rings. The highest BCUT2D eigenvalue weighted by atomic mass is 35.5. The molecule has 0 aliphatic heterocycles. The zero-order valence-electron chi connectivity index (χ0n) is 9.06. The molecule has 2 rings (SSSR count). The molecular weight excluding hydrogens is 222 g/mol. The van der Waals surface area contributed by atoms with Gasteiger partial charge < -0.3 is 4.74 Å². The highest BCUT2D eigenvalue weighted by Gasteiger charge is 2.02. The van der Waals surface area contributed by atoms with Crippen molar-refractivity contribution in [2.75, 3.05) is 7.11 Å². The largest absolute Gasteiger partial charge is 0.497 e. The van der Waals surface area contributed by atoms with Crippen molar-refractivity contribution in [3.63, 3.8) is 0 Å². The van der Waals surface area contributed by atoms with E-state index in [0.29, 0.717) is 0 Å². The van der Waals surface area contributed by atoms with Gasteiger partial charge in [0.1, 0.15) is 5.75 Å². The molecule has 0 fully saturated rings. The molecule has 0 bridgehead atoms. The molecule has 2 aromatic rings. The van der Waals surface area contributed by atoms with Crippen LogP contribution in [-0.4, -0.2) is 7.11 Å².